The lowest BCUT2D eigenvalue weighted by molar-refractivity contribution is 1.18. The predicted octanol–water partition coefficient (Wildman–Crippen LogP) is -0.223. The fourth-order valence-corrected chi connectivity index (χ4v) is 1.51. The van der Waals surface area contributed by atoms with Gasteiger partial charge in [-0.2, -0.15) is 4.98 Å². The highest BCUT2D eigenvalue weighted by molar-refractivity contribution is 5.99. The maximum atomic E-state index is 11.5. The average molecular weight is 202 g/mol. The summed E-state index contributed by atoms with van der Waals surface area (Å²) in [4.78, 5) is 28.7. The van der Waals surface area contributed by atoms with Crippen LogP contribution in [0.1, 0.15) is 0 Å². The van der Waals surface area contributed by atoms with Gasteiger partial charge in [-0.1, -0.05) is 0 Å². The summed E-state index contributed by atoms with van der Waals surface area (Å²) in [7, 11) is 0. The molecule has 3 rings (SSSR count). The zero-order chi connectivity index (χ0) is 10.4. The quantitative estimate of drug-likeness (QED) is 0.466. The van der Waals surface area contributed by atoms with Crippen LogP contribution in [0.2, 0.25) is 0 Å². The Labute approximate surface area is 82.4 Å². The Kier molecular flexibility index (Phi) is 1.34. The van der Waals surface area contributed by atoms with Crippen molar-refractivity contribution < 1.29 is 0 Å². The van der Waals surface area contributed by atoms with Gasteiger partial charge in [-0.05, 0) is 0 Å². The largest absolute Gasteiger partial charge is 0.368 e. The standard InChI is InChI=1S/C8H6N6O/c9-8-10-1-3-4-5(12-2-11-4)7(15)13-6(3)14-8/h1-2H,(H,11,12)(H3,9,10,13,14,15). The number of H-pyrrole nitrogens is 2. The van der Waals surface area contributed by atoms with Crippen LogP contribution in [0.5, 0.6) is 0 Å². The monoisotopic (exact) mass is 202 g/mol. The van der Waals surface area contributed by atoms with Gasteiger partial charge < -0.3 is 15.7 Å². The molecule has 0 spiro atoms. The Morgan fingerprint density at radius 1 is 1.33 bits per heavy atom. The summed E-state index contributed by atoms with van der Waals surface area (Å²) in [5, 5.41) is 0.667. The molecule has 0 saturated heterocycles. The molecule has 0 unspecified atom stereocenters. The molecule has 15 heavy (non-hydrogen) atoms. The van der Waals surface area contributed by atoms with Gasteiger partial charge in [0.2, 0.25) is 5.95 Å². The van der Waals surface area contributed by atoms with Crippen LogP contribution in [0.3, 0.4) is 0 Å². The molecule has 3 aromatic heterocycles. The lowest BCUT2D eigenvalue weighted by Gasteiger charge is -1.97. The molecule has 0 bridgehead atoms. The summed E-state index contributed by atoms with van der Waals surface area (Å²) in [5.74, 6) is 0.119. The van der Waals surface area contributed by atoms with Gasteiger partial charge >= 0.3 is 0 Å². The molecule has 0 atom stereocenters. The Morgan fingerprint density at radius 3 is 3.07 bits per heavy atom. The number of pyridine rings is 1. The molecule has 74 valence electrons. The number of anilines is 1. The van der Waals surface area contributed by atoms with Crippen molar-refractivity contribution in [3.05, 3.63) is 22.9 Å². The number of aromatic nitrogens is 5. The van der Waals surface area contributed by atoms with Gasteiger partial charge in [0.1, 0.15) is 16.7 Å². The highest BCUT2D eigenvalue weighted by Crippen LogP contribution is 2.15. The first-order chi connectivity index (χ1) is 7.25. The molecule has 3 heterocycles. The van der Waals surface area contributed by atoms with Crippen molar-refractivity contribution in [2.75, 3.05) is 5.73 Å². The summed E-state index contributed by atoms with van der Waals surface area (Å²) in [6.07, 6.45) is 2.99. The molecule has 0 aliphatic carbocycles. The van der Waals surface area contributed by atoms with E-state index >= 15 is 0 Å². The van der Waals surface area contributed by atoms with E-state index in [9.17, 15) is 4.79 Å². The van der Waals surface area contributed by atoms with E-state index in [0.717, 1.165) is 0 Å². The number of nitrogens with zero attached hydrogens (tertiary/aromatic N) is 3. The predicted molar refractivity (Wildman–Crippen MR) is 54.2 cm³/mol. The first-order valence-corrected chi connectivity index (χ1v) is 4.23. The fourth-order valence-electron chi connectivity index (χ4n) is 1.51. The molecule has 0 radical (unpaired) electrons. The number of fused-ring (bicyclic) bond motifs is 3. The van der Waals surface area contributed by atoms with Crippen molar-refractivity contribution in [2.24, 2.45) is 0 Å². The second-order valence-electron chi connectivity index (χ2n) is 3.07. The van der Waals surface area contributed by atoms with Gasteiger partial charge in [-0.3, -0.25) is 4.79 Å². The van der Waals surface area contributed by atoms with Crippen LogP contribution < -0.4 is 11.3 Å². The van der Waals surface area contributed by atoms with E-state index < -0.39 is 0 Å². The van der Waals surface area contributed by atoms with Gasteiger partial charge in [0.25, 0.3) is 5.56 Å². The first-order valence-electron chi connectivity index (χ1n) is 4.23. The average Bonchev–Trinajstić information content (AvgIpc) is 2.66. The van der Waals surface area contributed by atoms with Gasteiger partial charge in [0.15, 0.2) is 0 Å². The van der Waals surface area contributed by atoms with Crippen LogP contribution in [-0.2, 0) is 0 Å². The third kappa shape index (κ3) is 0.997. The zero-order valence-electron chi connectivity index (χ0n) is 7.48. The molecule has 0 saturated carbocycles. The normalized spacial score (nSPS) is 11.2. The van der Waals surface area contributed by atoms with E-state index in [-0.39, 0.29) is 11.5 Å². The lowest BCUT2D eigenvalue weighted by atomic mass is 10.3. The second kappa shape index (κ2) is 2.53. The molecule has 7 heteroatoms. The molecule has 3 aromatic rings. The van der Waals surface area contributed by atoms with Crippen LogP contribution in [0, 0.1) is 0 Å². The van der Waals surface area contributed by atoms with Crippen molar-refractivity contribution >= 4 is 28.0 Å². The number of imidazole rings is 1. The molecule has 7 nitrogen and oxygen atoms in total. The van der Waals surface area contributed by atoms with E-state index in [0.29, 0.717) is 22.1 Å². The van der Waals surface area contributed by atoms with Crippen LogP contribution in [0.15, 0.2) is 17.3 Å². The molecule has 0 aromatic carbocycles. The third-order valence-corrected chi connectivity index (χ3v) is 2.16. The molecule has 4 N–H and O–H groups in total. The molecule has 0 aliphatic heterocycles. The number of nitrogens with two attached hydrogens (primary N) is 1. The molecular formula is C8H6N6O. The zero-order valence-corrected chi connectivity index (χ0v) is 7.48. The Bertz CT molecular complexity index is 712. The van der Waals surface area contributed by atoms with Gasteiger partial charge in [0.05, 0.1) is 11.7 Å². The number of hydrogen-bond acceptors (Lipinski definition) is 5. The molecule has 0 amide bonds. The number of nitrogen functional groups attached to an aromatic ring is 1. The second-order valence-corrected chi connectivity index (χ2v) is 3.07. The maximum absolute atomic E-state index is 11.5. The molecular weight excluding hydrogens is 196 g/mol. The Morgan fingerprint density at radius 2 is 2.20 bits per heavy atom. The smallest absolute Gasteiger partial charge is 0.275 e. The highest BCUT2D eigenvalue weighted by Gasteiger charge is 2.08. The summed E-state index contributed by atoms with van der Waals surface area (Å²) in [6.45, 7) is 0. The van der Waals surface area contributed by atoms with Crippen LogP contribution >= 0.6 is 0 Å². The first kappa shape index (κ1) is 7.92. The van der Waals surface area contributed by atoms with E-state index in [1.165, 1.54) is 12.5 Å². The highest BCUT2D eigenvalue weighted by atomic mass is 16.1. The Balaban J connectivity index is 2.66. The minimum Gasteiger partial charge on any atom is -0.368 e. The van der Waals surface area contributed by atoms with Gasteiger partial charge in [-0.25, -0.2) is 9.97 Å². The van der Waals surface area contributed by atoms with Crippen molar-refractivity contribution in [1.29, 1.82) is 0 Å². The summed E-state index contributed by atoms with van der Waals surface area (Å²) in [5.41, 5.74) is 6.51. The lowest BCUT2D eigenvalue weighted by Crippen LogP contribution is -2.08. The summed E-state index contributed by atoms with van der Waals surface area (Å²) in [6, 6.07) is 0. The van der Waals surface area contributed by atoms with Crippen LogP contribution in [0.25, 0.3) is 22.1 Å². The van der Waals surface area contributed by atoms with Crippen molar-refractivity contribution in [3.8, 4) is 0 Å². The maximum Gasteiger partial charge on any atom is 0.275 e. The Hall–Kier alpha value is -2.44. The molecule has 0 aliphatic rings. The number of hydrogen-bond donors (Lipinski definition) is 3. The van der Waals surface area contributed by atoms with Crippen molar-refractivity contribution in [2.45, 2.75) is 0 Å². The number of rotatable bonds is 0. The van der Waals surface area contributed by atoms with E-state index in [4.69, 9.17) is 5.73 Å². The molecule has 0 fully saturated rings. The minimum atomic E-state index is -0.270. The van der Waals surface area contributed by atoms with Gasteiger partial charge in [0, 0.05) is 6.20 Å². The van der Waals surface area contributed by atoms with Crippen LogP contribution in [-0.4, -0.2) is 24.9 Å². The fraction of sp³-hybridized carbons (Fsp3) is 0. The number of nitrogens with one attached hydrogen (secondary N) is 2. The van der Waals surface area contributed by atoms with Gasteiger partial charge in [-0.15, -0.1) is 0 Å². The summed E-state index contributed by atoms with van der Waals surface area (Å²) >= 11 is 0. The van der Waals surface area contributed by atoms with Crippen LogP contribution in [0.4, 0.5) is 5.95 Å². The topological polar surface area (TPSA) is 113 Å². The van der Waals surface area contributed by atoms with E-state index in [1.54, 1.807) is 0 Å². The third-order valence-electron chi connectivity index (χ3n) is 2.16. The van der Waals surface area contributed by atoms with Crippen molar-refractivity contribution in [1.82, 2.24) is 24.9 Å². The van der Waals surface area contributed by atoms with E-state index in [1.807, 2.05) is 0 Å². The minimum absolute atomic E-state index is 0.119. The SMILES string of the molecule is Nc1ncc2c(n1)[nH]c(=O)c1[nH]cnc12. The summed E-state index contributed by atoms with van der Waals surface area (Å²) < 4.78 is 0. The van der Waals surface area contributed by atoms with E-state index in [2.05, 4.69) is 24.9 Å². The number of aromatic amines is 2. The van der Waals surface area contributed by atoms with Crippen molar-refractivity contribution in [3.63, 3.8) is 0 Å².